The molecule has 3 rings (SSSR count). The molecule has 0 aromatic heterocycles. The summed E-state index contributed by atoms with van der Waals surface area (Å²) in [7, 11) is -0.211. The Bertz CT molecular complexity index is 970. The summed E-state index contributed by atoms with van der Waals surface area (Å²) in [6, 6.07) is 9.53. The first-order valence-corrected chi connectivity index (χ1v) is 13.5. The van der Waals surface area contributed by atoms with Gasteiger partial charge in [0.15, 0.2) is 8.32 Å². The number of hydrogen-bond acceptors (Lipinski definition) is 2. The number of allylic oxidation sites excluding steroid dienone is 1. The molecule has 4 heteroatoms. The highest BCUT2D eigenvalue weighted by Gasteiger charge is 2.42. The second kappa shape index (κ2) is 7.65. The van der Waals surface area contributed by atoms with Gasteiger partial charge < -0.3 is 9.16 Å². The minimum absolute atomic E-state index is 0.0292. The Kier molecular flexibility index (Phi) is 5.81. The summed E-state index contributed by atoms with van der Waals surface area (Å²) in [6.45, 7) is 20.2. The zero-order valence-corrected chi connectivity index (χ0v) is 20.7. The maximum absolute atomic E-state index is 15.0. The third kappa shape index (κ3) is 3.76. The van der Waals surface area contributed by atoms with E-state index in [0.717, 1.165) is 28.0 Å². The van der Waals surface area contributed by atoms with Crippen molar-refractivity contribution in [1.82, 2.24) is 0 Å². The molecule has 0 bridgehead atoms. The summed E-state index contributed by atoms with van der Waals surface area (Å²) in [5, 5.41) is 0.157. The lowest BCUT2D eigenvalue weighted by molar-refractivity contribution is 0.276. The molecule has 0 amide bonds. The van der Waals surface area contributed by atoms with Crippen molar-refractivity contribution in [3.8, 4) is 16.9 Å². The molecule has 1 atom stereocenters. The second-order valence-electron chi connectivity index (χ2n) is 10.5. The van der Waals surface area contributed by atoms with E-state index in [1.165, 1.54) is 6.07 Å². The number of fused-ring (bicyclic) bond motifs is 3. The summed E-state index contributed by atoms with van der Waals surface area (Å²) in [5.74, 6) is 0.486. The van der Waals surface area contributed by atoms with Crippen LogP contribution in [-0.2, 0) is 11.0 Å². The third-order valence-corrected chi connectivity index (χ3v) is 11.5. The van der Waals surface area contributed by atoms with Gasteiger partial charge in [-0.1, -0.05) is 58.9 Å². The van der Waals surface area contributed by atoms with E-state index in [2.05, 4.69) is 66.4 Å². The highest BCUT2D eigenvalue weighted by molar-refractivity contribution is 6.74. The van der Waals surface area contributed by atoms with Crippen molar-refractivity contribution in [3.63, 3.8) is 0 Å². The molecule has 0 saturated carbocycles. The molecule has 0 fully saturated rings. The molecular weight excluding hydrogens is 391 g/mol. The van der Waals surface area contributed by atoms with Gasteiger partial charge in [-0.15, -0.1) is 6.58 Å². The van der Waals surface area contributed by atoms with Crippen LogP contribution in [0.1, 0.15) is 57.2 Å². The number of methoxy groups -OCH3 is 1. The average Bonchev–Trinajstić information content (AvgIpc) is 3.02. The van der Waals surface area contributed by atoms with Crippen LogP contribution in [0.25, 0.3) is 11.1 Å². The highest BCUT2D eigenvalue weighted by atomic mass is 28.4. The fourth-order valence-electron chi connectivity index (χ4n) is 4.01. The third-order valence-electron chi connectivity index (χ3n) is 7.04. The van der Waals surface area contributed by atoms with Crippen molar-refractivity contribution in [2.75, 3.05) is 7.11 Å². The van der Waals surface area contributed by atoms with E-state index in [4.69, 9.17) is 9.16 Å². The lowest BCUT2D eigenvalue weighted by atomic mass is 9.73. The van der Waals surface area contributed by atoms with Crippen molar-refractivity contribution >= 4 is 8.32 Å². The fraction of sp³-hybridized carbons (Fsp3) is 0.462. The molecule has 1 aliphatic rings. The Labute approximate surface area is 182 Å². The molecule has 1 aliphatic carbocycles. The van der Waals surface area contributed by atoms with Gasteiger partial charge in [-0.05, 0) is 52.4 Å². The number of hydrogen-bond donors (Lipinski definition) is 0. The number of ether oxygens (including phenoxy) is 1. The van der Waals surface area contributed by atoms with Gasteiger partial charge in [0.2, 0.25) is 0 Å². The predicted octanol–water partition coefficient (Wildman–Crippen LogP) is 7.68. The minimum Gasteiger partial charge on any atom is -0.496 e. The predicted molar refractivity (Wildman–Crippen MR) is 126 cm³/mol. The molecular formula is C26H35FO2Si. The molecule has 0 radical (unpaired) electrons. The first-order chi connectivity index (χ1) is 13.8. The smallest absolute Gasteiger partial charge is 0.192 e. The van der Waals surface area contributed by atoms with Gasteiger partial charge in [-0.25, -0.2) is 4.39 Å². The second-order valence-corrected chi connectivity index (χ2v) is 15.3. The van der Waals surface area contributed by atoms with Crippen LogP contribution in [-0.4, -0.2) is 15.4 Å². The molecule has 0 N–H and O–H groups in total. The van der Waals surface area contributed by atoms with Crippen molar-refractivity contribution in [2.24, 2.45) is 5.41 Å². The minimum atomic E-state index is -1.86. The Morgan fingerprint density at radius 2 is 1.77 bits per heavy atom. The summed E-state index contributed by atoms with van der Waals surface area (Å²) in [4.78, 5) is 0. The molecule has 2 nitrogen and oxygen atoms in total. The van der Waals surface area contributed by atoms with Crippen LogP contribution in [0.15, 0.2) is 43.0 Å². The fourth-order valence-corrected chi connectivity index (χ4v) is 4.97. The van der Waals surface area contributed by atoms with Gasteiger partial charge in [0, 0.05) is 17.0 Å². The van der Waals surface area contributed by atoms with E-state index in [1.54, 1.807) is 13.2 Å². The summed E-state index contributed by atoms with van der Waals surface area (Å²) in [6.07, 6.45) is 1.96. The average molecular weight is 427 g/mol. The molecule has 2 aromatic rings. The molecule has 0 spiro atoms. The SMILES string of the molecule is C=CC(C)(C)C1c2cc(CO[Si](C)(C)C(C)(C)C)ccc2-c2c(F)ccc(OC)c21. The maximum Gasteiger partial charge on any atom is 0.192 e. The largest absolute Gasteiger partial charge is 0.496 e. The molecule has 0 aliphatic heterocycles. The number of halogens is 1. The van der Waals surface area contributed by atoms with Crippen LogP contribution < -0.4 is 4.74 Å². The number of benzene rings is 2. The summed E-state index contributed by atoms with van der Waals surface area (Å²) < 4.78 is 27.1. The Hall–Kier alpha value is -1.91. The molecule has 162 valence electrons. The first kappa shape index (κ1) is 22.8. The molecule has 30 heavy (non-hydrogen) atoms. The van der Waals surface area contributed by atoms with Crippen molar-refractivity contribution in [1.29, 1.82) is 0 Å². The first-order valence-electron chi connectivity index (χ1n) is 10.6. The van der Waals surface area contributed by atoms with Crippen molar-refractivity contribution < 1.29 is 13.6 Å². The number of rotatable bonds is 6. The Morgan fingerprint density at radius 3 is 2.33 bits per heavy atom. The lowest BCUT2D eigenvalue weighted by Gasteiger charge is -2.36. The summed E-state index contributed by atoms with van der Waals surface area (Å²) >= 11 is 0. The van der Waals surface area contributed by atoms with Crippen LogP contribution in [0.4, 0.5) is 4.39 Å². The summed E-state index contributed by atoms with van der Waals surface area (Å²) in [5.41, 5.74) is 4.49. The monoisotopic (exact) mass is 426 g/mol. The topological polar surface area (TPSA) is 18.5 Å². The van der Waals surface area contributed by atoms with Crippen LogP contribution in [0.2, 0.25) is 18.1 Å². The van der Waals surface area contributed by atoms with Gasteiger partial charge in [-0.3, -0.25) is 0 Å². The van der Waals surface area contributed by atoms with Crippen LogP contribution in [0, 0.1) is 11.2 Å². The van der Waals surface area contributed by atoms with E-state index >= 15 is 0 Å². The van der Waals surface area contributed by atoms with E-state index in [9.17, 15) is 4.39 Å². The van der Waals surface area contributed by atoms with E-state index in [-0.39, 0.29) is 22.2 Å². The van der Waals surface area contributed by atoms with E-state index in [1.807, 2.05) is 12.1 Å². The maximum atomic E-state index is 15.0. The van der Waals surface area contributed by atoms with Crippen molar-refractivity contribution in [2.45, 2.75) is 65.3 Å². The van der Waals surface area contributed by atoms with Gasteiger partial charge in [0.25, 0.3) is 0 Å². The molecule has 0 saturated heterocycles. The zero-order chi connectivity index (χ0) is 22.5. The van der Waals surface area contributed by atoms with E-state index < -0.39 is 8.32 Å². The Balaban J connectivity index is 2.10. The molecule has 2 aromatic carbocycles. The van der Waals surface area contributed by atoms with Gasteiger partial charge in [0.1, 0.15) is 11.6 Å². The van der Waals surface area contributed by atoms with Crippen molar-refractivity contribution in [3.05, 3.63) is 65.5 Å². The van der Waals surface area contributed by atoms with Crippen LogP contribution in [0.5, 0.6) is 5.75 Å². The quantitative estimate of drug-likeness (QED) is 0.348. The highest BCUT2D eigenvalue weighted by Crippen LogP contribution is 2.56. The molecule has 1 unspecified atom stereocenters. The lowest BCUT2D eigenvalue weighted by Crippen LogP contribution is -2.40. The van der Waals surface area contributed by atoms with Gasteiger partial charge in [0.05, 0.1) is 13.7 Å². The zero-order valence-electron chi connectivity index (χ0n) is 19.7. The van der Waals surface area contributed by atoms with Gasteiger partial charge >= 0.3 is 0 Å². The standard InChI is InChI=1S/C26H35FO2Si/c1-10-26(5,6)24-19-15-17(16-29-30(8,9)25(2,3)4)11-12-18(19)22-20(27)13-14-21(28-7)23(22)24/h10-15,24H,1,16H2,2-9H3. The van der Waals surface area contributed by atoms with E-state index in [0.29, 0.717) is 12.2 Å². The Morgan fingerprint density at radius 1 is 1.10 bits per heavy atom. The molecule has 0 heterocycles. The van der Waals surface area contributed by atoms with Crippen LogP contribution in [0.3, 0.4) is 0 Å². The van der Waals surface area contributed by atoms with Crippen LogP contribution >= 0.6 is 0 Å². The van der Waals surface area contributed by atoms with Gasteiger partial charge in [-0.2, -0.15) is 0 Å². The normalized spacial score (nSPS) is 16.2.